The Morgan fingerprint density at radius 3 is 2.24 bits per heavy atom. The summed E-state index contributed by atoms with van der Waals surface area (Å²) in [6.45, 7) is 3.98. The summed E-state index contributed by atoms with van der Waals surface area (Å²) in [5.74, 6) is 3.36. The van der Waals surface area contributed by atoms with Crippen molar-refractivity contribution in [2.75, 3.05) is 0 Å². The van der Waals surface area contributed by atoms with E-state index in [2.05, 4.69) is 48.5 Å². The number of nitrogens with zero attached hydrogens (tertiary/aromatic N) is 10. The largest absolute Gasteiger partial charge is 0.238 e. The van der Waals surface area contributed by atoms with E-state index in [0.717, 1.165) is 113 Å². The lowest BCUT2D eigenvalue weighted by Crippen LogP contribution is -2.32. The first-order valence-electron chi connectivity index (χ1n) is 17.4. The Labute approximate surface area is 283 Å². The maximum atomic E-state index is 10.3. The third-order valence-electron chi connectivity index (χ3n) is 11.7. The number of rotatable bonds is 7. The number of nitriles is 2. The highest BCUT2D eigenvalue weighted by atomic mass is 15.3. The smallest absolute Gasteiger partial charge is 0.158 e. The van der Waals surface area contributed by atoms with Crippen LogP contribution in [0.5, 0.6) is 0 Å². The van der Waals surface area contributed by atoms with E-state index in [1.807, 2.05) is 41.5 Å². The average molecular weight is 643 g/mol. The Bertz CT molecular complexity index is 2460. The zero-order chi connectivity index (χ0) is 33.1. The SMILES string of the molecule is Cc1cc(-n2ncc3ccc(C4(C#N)CCC4)cc32)nc(Cc2nn(-c3cc(C)nc(C4CC4)n3)c3cc([C@]4(C#N)CC45CC5)ccc23)n1. The maximum absolute atomic E-state index is 10.3. The fourth-order valence-electron chi connectivity index (χ4n) is 8.25. The summed E-state index contributed by atoms with van der Waals surface area (Å²) < 4.78 is 3.80. The monoisotopic (exact) mass is 642 g/mol. The van der Waals surface area contributed by atoms with Crippen LogP contribution in [-0.4, -0.2) is 39.5 Å². The van der Waals surface area contributed by atoms with E-state index >= 15 is 0 Å². The molecule has 0 saturated heterocycles. The molecule has 2 aromatic carbocycles. The lowest BCUT2D eigenvalue weighted by molar-refractivity contribution is 0.324. The highest BCUT2D eigenvalue weighted by Gasteiger charge is 2.75. The Morgan fingerprint density at radius 1 is 0.796 bits per heavy atom. The van der Waals surface area contributed by atoms with Gasteiger partial charge in [0.2, 0.25) is 0 Å². The van der Waals surface area contributed by atoms with Gasteiger partial charge in [-0.25, -0.2) is 29.3 Å². The predicted octanol–water partition coefficient (Wildman–Crippen LogP) is 6.92. The highest BCUT2D eigenvalue weighted by Crippen LogP contribution is 2.78. The molecule has 0 aliphatic heterocycles. The van der Waals surface area contributed by atoms with Crippen LogP contribution in [0.2, 0.25) is 0 Å². The van der Waals surface area contributed by atoms with Gasteiger partial charge in [-0.3, -0.25) is 0 Å². The van der Waals surface area contributed by atoms with Crippen LogP contribution in [0, 0.1) is 41.9 Å². The van der Waals surface area contributed by atoms with Crippen molar-refractivity contribution in [1.29, 1.82) is 10.5 Å². The van der Waals surface area contributed by atoms with Crippen LogP contribution in [-0.2, 0) is 17.3 Å². The number of aryl methyl sites for hydroxylation is 2. The normalized spacial score (nSPS) is 21.4. The molecule has 0 unspecified atom stereocenters. The number of hydrogen-bond donors (Lipinski definition) is 0. The van der Waals surface area contributed by atoms with E-state index in [1.54, 1.807) is 0 Å². The van der Waals surface area contributed by atoms with Crippen LogP contribution in [0.15, 0.2) is 54.7 Å². The molecule has 10 nitrogen and oxygen atoms in total. The number of hydrogen-bond acceptors (Lipinski definition) is 8. The Kier molecular flexibility index (Phi) is 5.70. The summed E-state index contributed by atoms with van der Waals surface area (Å²) in [7, 11) is 0. The summed E-state index contributed by atoms with van der Waals surface area (Å²) in [6.07, 6.45) is 10.5. The molecule has 4 heterocycles. The minimum atomic E-state index is -0.414. The van der Waals surface area contributed by atoms with Gasteiger partial charge in [0.15, 0.2) is 11.6 Å². The van der Waals surface area contributed by atoms with Gasteiger partial charge in [0, 0.05) is 40.2 Å². The standard InChI is InChI=1S/C39H34N10/c1-23-14-34(48-31-16-27(7-6-26(31)19-42-48)37(21-40)10-3-11-37)45-33(43-23)18-30-29-9-8-28(39(22-41)20-38(39)12-13-38)17-32(29)49(47-30)35-15-24(2)44-36(46-35)25-4-5-25/h6-9,14-17,19,25H,3-5,10-13,18,20H2,1-2H3/t39-/m1/s1. The molecule has 1 atom stereocenters. The molecular weight excluding hydrogens is 608 g/mol. The van der Waals surface area contributed by atoms with Gasteiger partial charge in [0.1, 0.15) is 11.6 Å². The number of benzene rings is 2. The van der Waals surface area contributed by atoms with Crippen molar-refractivity contribution in [3.8, 4) is 23.8 Å². The molecule has 6 aromatic rings. The maximum Gasteiger partial charge on any atom is 0.158 e. The van der Waals surface area contributed by atoms with Crippen molar-refractivity contribution >= 4 is 21.8 Å². The molecule has 4 fully saturated rings. The van der Waals surface area contributed by atoms with Crippen LogP contribution in [0.4, 0.5) is 0 Å². The minimum Gasteiger partial charge on any atom is -0.238 e. The van der Waals surface area contributed by atoms with Gasteiger partial charge in [-0.1, -0.05) is 24.3 Å². The van der Waals surface area contributed by atoms with E-state index in [0.29, 0.717) is 24.0 Å². The van der Waals surface area contributed by atoms with Crippen LogP contribution in [0.3, 0.4) is 0 Å². The Hall–Kier alpha value is -5.48. The van der Waals surface area contributed by atoms with Crippen LogP contribution >= 0.6 is 0 Å². The Morgan fingerprint density at radius 2 is 1.55 bits per heavy atom. The zero-order valence-corrected chi connectivity index (χ0v) is 27.6. The van der Waals surface area contributed by atoms with Gasteiger partial charge in [0.05, 0.1) is 52.3 Å². The molecule has 4 aliphatic carbocycles. The number of aromatic nitrogens is 8. The van der Waals surface area contributed by atoms with Crippen LogP contribution < -0.4 is 0 Å². The summed E-state index contributed by atoms with van der Waals surface area (Å²) in [6, 6.07) is 21.9. The first kappa shape index (κ1) is 28.5. The zero-order valence-electron chi connectivity index (χ0n) is 27.6. The van der Waals surface area contributed by atoms with Gasteiger partial charge < -0.3 is 0 Å². The molecule has 4 aromatic heterocycles. The van der Waals surface area contributed by atoms with E-state index in [9.17, 15) is 10.5 Å². The predicted molar refractivity (Wildman–Crippen MR) is 182 cm³/mol. The molecule has 49 heavy (non-hydrogen) atoms. The Balaban J connectivity index is 1.08. The third-order valence-corrected chi connectivity index (χ3v) is 11.7. The lowest BCUT2D eigenvalue weighted by atomic mass is 9.65. The first-order valence-corrected chi connectivity index (χ1v) is 17.4. The van der Waals surface area contributed by atoms with Crippen molar-refractivity contribution in [3.05, 3.63) is 94.6 Å². The molecule has 240 valence electrons. The molecule has 0 radical (unpaired) electrons. The van der Waals surface area contributed by atoms with Crippen molar-refractivity contribution in [2.45, 2.75) is 88.4 Å². The molecule has 4 aliphatic rings. The minimum absolute atomic E-state index is 0.157. The molecule has 10 rings (SSSR count). The molecule has 10 heteroatoms. The lowest BCUT2D eigenvalue weighted by Gasteiger charge is -2.35. The van der Waals surface area contributed by atoms with E-state index in [1.165, 1.54) is 0 Å². The summed E-state index contributed by atoms with van der Waals surface area (Å²) in [5, 5.41) is 32.2. The molecular formula is C39H34N10. The fourth-order valence-corrected chi connectivity index (χ4v) is 8.25. The molecule has 4 saturated carbocycles. The summed E-state index contributed by atoms with van der Waals surface area (Å²) >= 11 is 0. The van der Waals surface area contributed by atoms with Gasteiger partial charge in [-0.15, -0.1) is 0 Å². The van der Waals surface area contributed by atoms with Crippen LogP contribution in [0.25, 0.3) is 33.4 Å². The molecule has 0 amide bonds. The van der Waals surface area contributed by atoms with Gasteiger partial charge >= 0.3 is 0 Å². The van der Waals surface area contributed by atoms with E-state index < -0.39 is 10.8 Å². The molecule has 1 spiro atoms. The summed E-state index contributed by atoms with van der Waals surface area (Å²) in [4.78, 5) is 19.6. The van der Waals surface area contributed by atoms with Crippen molar-refractivity contribution < 1.29 is 0 Å². The fraction of sp³-hybridized carbons (Fsp3) is 0.385. The van der Waals surface area contributed by atoms with Crippen LogP contribution in [0.1, 0.15) is 97.1 Å². The highest BCUT2D eigenvalue weighted by molar-refractivity contribution is 5.85. The quantitative estimate of drug-likeness (QED) is 0.183. The summed E-state index contributed by atoms with van der Waals surface area (Å²) in [5.41, 5.74) is 5.90. The molecule has 0 bridgehead atoms. The van der Waals surface area contributed by atoms with Gasteiger partial charge in [-0.05, 0) is 93.9 Å². The average Bonchev–Trinajstić information content (AvgIpc) is 4.04. The van der Waals surface area contributed by atoms with E-state index in [-0.39, 0.29) is 5.41 Å². The van der Waals surface area contributed by atoms with Crippen molar-refractivity contribution in [3.63, 3.8) is 0 Å². The second kappa shape index (κ2) is 9.79. The first-order chi connectivity index (χ1) is 23.8. The van der Waals surface area contributed by atoms with Crippen molar-refractivity contribution in [1.82, 2.24) is 39.5 Å². The molecule has 0 N–H and O–H groups in total. The van der Waals surface area contributed by atoms with Gasteiger partial charge in [-0.2, -0.15) is 20.7 Å². The number of fused-ring (bicyclic) bond motifs is 2. The second-order valence-corrected chi connectivity index (χ2v) is 14.9. The second-order valence-electron chi connectivity index (χ2n) is 14.9. The van der Waals surface area contributed by atoms with Crippen molar-refractivity contribution in [2.24, 2.45) is 5.41 Å². The van der Waals surface area contributed by atoms with E-state index in [4.69, 9.17) is 30.1 Å². The third kappa shape index (κ3) is 4.23. The topological polar surface area (TPSA) is 135 Å². The van der Waals surface area contributed by atoms with Gasteiger partial charge in [0.25, 0.3) is 0 Å².